The van der Waals surface area contributed by atoms with Gasteiger partial charge in [-0.15, -0.1) is 11.8 Å². The van der Waals surface area contributed by atoms with Crippen LogP contribution in [-0.4, -0.2) is 74.2 Å². The van der Waals surface area contributed by atoms with Crippen LogP contribution in [0.4, 0.5) is 11.4 Å². The summed E-state index contributed by atoms with van der Waals surface area (Å²) >= 11 is 1.41. The summed E-state index contributed by atoms with van der Waals surface area (Å²) in [7, 11) is -3.72. The second-order valence-electron chi connectivity index (χ2n) is 7.81. The molecule has 194 valence electrons. The van der Waals surface area contributed by atoms with E-state index in [0.717, 1.165) is 6.26 Å². The minimum Gasteiger partial charge on any atom is -0.385 e. The number of amides is 3. The van der Waals surface area contributed by atoms with Gasteiger partial charge in [-0.1, -0.05) is 6.07 Å². The van der Waals surface area contributed by atoms with Crippen molar-refractivity contribution < 1.29 is 27.0 Å². The maximum atomic E-state index is 12.9. The molecule has 12 nitrogen and oxygen atoms in total. The summed E-state index contributed by atoms with van der Waals surface area (Å²) < 4.78 is 26.5. The Kier molecular flexibility index (Phi) is 11.0. The average molecular weight is 537 g/mol. The first-order valence-corrected chi connectivity index (χ1v) is 13.8. The standard InChI is InChI=1S/C22H28N6O6S2/c1-3-28-20(11-15(13-24)21(30)26-10-8-23)35-18(22(28)31)7-9-25-16-5-4-6-17(12-16)27-19(29)14-34-36(2,32)33/h4-6,12,15,18,20,25H,3,7,9-11,14H2,1-2H3,(H,26,30)(H,27,29). The topological polar surface area (TPSA) is 181 Å². The van der Waals surface area contributed by atoms with Gasteiger partial charge in [0.05, 0.1) is 29.0 Å². The highest BCUT2D eigenvalue weighted by molar-refractivity contribution is 8.01. The van der Waals surface area contributed by atoms with Gasteiger partial charge in [-0.2, -0.15) is 18.9 Å². The van der Waals surface area contributed by atoms with Crippen molar-refractivity contribution in [1.82, 2.24) is 10.2 Å². The number of nitrogens with one attached hydrogen (secondary N) is 3. The molecule has 1 aliphatic heterocycles. The Bertz CT molecular complexity index is 1150. The molecule has 3 amide bonds. The molecule has 1 aromatic rings. The highest BCUT2D eigenvalue weighted by Gasteiger charge is 2.40. The summed E-state index contributed by atoms with van der Waals surface area (Å²) in [6, 6.07) is 10.6. The lowest BCUT2D eigenvalue weighted by molar-refractivity contribution is -0.131. The largest absolute Gasteiger partial charge is 0.385 e. The zero-order valence-electron chi connectivity index (χ0n) is 19.9. The van der Waals surface area contributed by atoms with Crippen molar-refractivity contribution in [3.63, 3.8) is 0 Å². The van der Waals surface area contributed by atoms with Gasteiger partial charge in [-0.25, -0.2) is 0 Å². The number of hydrogen-bond acceptors (Lipinski definition) is 10. The number of carbonyl (C=O) groups excluding carboxylic acids is 3. The fourth-order valence-electron chi connectivity index (χ4n) is 3.46. The zero-order valence-corrected chi connectivity index (χ0v) is 21.5. The van der Waals surface area contributed by atoms with Crippen LogP contribution in [0.3, 0.4) is 0 Å². The number of thioether (sulfide) groups is 1. The third-order valence-corrected chi connectivity index (χ3v) is 7.18. The van der Waals surface area contributed by atoms with Crippen LogP contribution < -0.4 is 16.0 Å². The van der Waals surface area contributed by atoms with E-state index in [4.69, 9.17) is 5.26 Å². The Balaban J connectivity index is 1.90. The molecule has 36 heavy (non-hydrogen) atoms. The molecule has 3 N–H and O–H groups in total. The molecular formula is C22H28N6O6S2. The van der Waals surface area contributed by atoms with Gasteiger partial charge in [0.15, 0.2) is 0 Å². The van der Waals surface area contributed by atoms with Crippen LogP contribution in [-0.2, 0) is 28.7 Å². The first-order chi connectivity index (χ1) is 17.1. The van der Waals surface area contributed by atoms with Gasteiger partial charge in [0, 0.05) is 30.9 Å². The third-order valence-electron chi connectivity index (χ3n) is 5.11. The lowest BCUT2D eigenvalue weighted by Gasteiger charge is -2.23. The highest BCUT2D eigenvalue weighted by Crippen LogP contribution is 2.37. The molecule has 1 saturated heterocycles. The Morgan fingerprint density at radius 1 is 1.28 bits per heavy atom. The van der Waals surface area contributed by atoms with Crippen molar-refractivity contribution in [1.29, 1.82) is 10.5 Å². The fourth-order valence-corrected chi connectivity index (χ4v) is 5.37. The number of rotatable bonds is 13. The second kappa shape index (κ2) is 13.7. The first-order valence-electron chi connectivity index (χ1n) is 11.1. The van der Waals surface area contributed by atoms with Gasteiger partial charge in [-0.05, 0) is 31.5 Å². The monoisotopic (exact) mass is 536 g/mol. The Morgan fingerprint density at radius 3 is 2.64 bits per heavy atom. The van der Waals surface area contributed by atoms with Crippen LogP contribution in [0.2, 0.25) is 0 Å². The molecule has 3 unspecified atom stereocenters. The van der Waals surface area contributed by atoms with Crippen LogP contribution in [0, 0.1) is 28.6 Å². The van der Waals surface area contributed by atoms with Crippen molar-refractivity contribution in [2.75, 3.05) is 43.1 Å². The van der Waals surface area contributed by atoms with Gasteiger partial charge in [0.2, 0.25) is 11.8 Å². The maximum Gasteiger partial charge on any atom is 0.264 e. The molecule has 3 atom stereocenters. The smallest absolute Gasteiger partial charge is 0.264 e. The number of benzene rings is 1. The van der Waals surface area contributed by atoms with Crippen molar-refractivity contribution in [3.05, 3.63) is 24.3 Å². The number of hydrogen-bond donors (Lipinski definition) is 3. The molecule has 0 bridgehead atoms. The number of nitriles is 2. The average Bonchev–Trinajstić information content (AvgIpc) is 3.13. The predicted octanol–water partition coefficient (Wildman–Crippen LogP) is 0.863. The molecule has 0 radical (unpaired) electrons. The molecule has 1 heterocycles. The molecule has 2 rings (SSSR count). The summed E-state index contributed by atoms with van der Waals surface area (Å²) in [6.07, 6.45) is 1.52. The number of nitrogens with zero attached hydrogens (tertiary/aromatic N) is 3. The molecule has 0 spiro atoms. The zero-order chi connectivity index (χ0) is 26.7. The van der Waals surface area contributed by atoms with Gasteiger partial charge in [0.25, 0.3) is 16.0 Å². The minimum atomic E-state index is -3.72. The van der Waals surface area contributed by atoms with E-state index in [0.29, 0.717) is 30.9 Å². The molecule has 14 heteroatoms. The minimum absolute atomic E-state index is 0.0599. The van der Waals surface area contributed by atoms with Gasteiger partial charge >= 0.3 is 0 Å². The molecule has 0 saturated carbocycles. The van der Waals surface area contributed by atoms with E-state index in [9.17, 15) is 28.1 Å². The summed E-state index contributed by atoms with van der Waals surface area (Å²) in [6.45, 7) is 1.93. The summed E-state index contributed by atoms with van der Waals surface area (Å²) in [5, 5.41) is 25.5. The Labute approximate surface area is 214 Å². The number of anilines is 2. The van der Waals surface area contributed by atoms with Crippen molar-refractivity contribution in [3.8, 4) is 12.1 Å². The summed E-state index contributed by atoms with van der Waals surface area (Å²) in [5.41, 5.74) is 1.14. The van der Waals surface area contributed by atoms with E-state index in [1.54, 1.807) is 35.2 Å². The molecular weight excluding hydrogens is 508 g/mol. The van der Waals surface area contributed by atoms with Gasteiger partial charge in [0.1, 0.15) is 19.1 Å². The third kappa shape index (κ3) is 9.03. The Hall–Kier alpha value is -3.33. The molecule has 0 aliphatic carbocycles. The van der Waals surface area contributed by atoms with Crippen LogP contribution in [0.5, 0.6) is 0 Å². The maximum absolute atomic E-state index is 12.9. The lowest BCUT2D eigenvalue weighted by atomic mass is 10.1. The van der Waals surface area contributed by atoms with E-state index >= 15 is 0 Å². The molecule has 1 fully saturated rings. The molecule has 0 aromatic heterocycles. The van der Waals surface area contributed by atoms with E-state index in [1.807, 2.05) is 13.0 Å². The second-order valence-corrected chi connectivity index (χ2v) is 10.8. The van der Waals surface area contributed by atoms with Gasteiger partial charge < -0.3 is 20.9 Å². The van der Waals surface area contributed by atoms with Gasteiger partial charge in [-0.3, -0.25) is 18.6 Å². The van der Waals surface area contributed by atoms with Crippen molar-refractivity contribution in [2.24, 2.45) is 5.92 Å². The predicted molar refractivity (Wildman–Crippen MR) is 134 cm³/mol. The first kappa shape index (κ1) is 28.9. The normalized spacial score (nSPS) is 18.1. The lowest BCUT2D eigenvalue weighted by Crippen LogP contribution is -2.38. The Morgan fingerprint density at radius 2 is 2.00 bits per heavy atom. The number of carbonyl (C=O) groups is 3. The molecule has 1 aromatic carbocycles. The van der Waals surface area contributed by atoms with E-state index in [-0.39, 0.29) is 29.5 Å². The van der Waals surface area contributed by atoms with Crippen molar-refractivity contribution in [2.45, 2.75) is 30.4 Å². The van der Waals surface area contributed by atoms with Crippen LogP contribution in [0.15, 0.2) is 24.3 Å². The summed E-state index contributed by atoms with van der Waals surface area (Å²) in [5.74, 6) is -2.16. The molecule has 1 aliphatic rings. The van der Waals surface area contributed by atoms with E-state index < -0.39 is 34.5 Å². The van der Waals surface area contributed by atoms with Crippen molar-refractivity contribution >= 4 is 51.0 Å². The van der Waals surface area contributed by atoms with E-state index in [1.165, 1.54) is 11.8 Å². The van der Waals surface area contributed by atoms with Crippen LogP contribution >= 0.6 is 11.8 Å². The highest BCUT2D eigenvalue weighted by atomic mass is 32.2. The van der Waals surface area contributed by atoms with Crippen LogP contribution in [0.1, 0.15) is 19.8 Å². The van der Waals surface area contributed by atoms with E-state index in [2.05, 4.69) is 20.1 Å². The SMILES string of the molecule is CCN1C(=O)C(CCNc2cccc(NC(=O)COS(C)(=O)=O)c2)SC1CC(C#N)C(=O)NCC#N. The van der Waals surface area contributed by atoms with Crippen LogP contribution in [0.25, 0.3) is 0 Å². The summed E-state index contributed by atoms with van der Waals surface area (Å²) in [4.78, 5) is 38.5. The fraction of sp³-hybridized carbons (Fsp3) is 0.500. The quantitative estimate of drug-likeness (QED) is 0.241.